The third kappa shape index (κ3) is 2.93. The lowest BCUT2D eigenvalue weighted by Gasteiger charge is -2.49. The first-order valence-electron chi connectivity index (χ1n) is 5.11. The summed E-state index contributed by atoms with van der Waals surface area (Å²) in [5.74, 6) is 0. The van der Waals surface area contributed by atoms with Crippen LogP contribution in [0.3, 0.4) is 0 Å². The van der Waals surface area contributed by atoms with E-state index >= 15 is 0 Å². The van der Waals surface area contributed by atoms with E-state index in [2.05, 4.69) is 64.2 Å². The van der Waals surface area contributed by atoms with Crippen LogP contribution in [-0.2, 0) is 0 Å². The van der Waals surface area contributed by atoms with Crippen molar-refractivity contribution in [1.29, 1.82) is 0 Å². The van der Waals surface area contributed by atoms with Gasteiger partial charge in [-0.15, -0.1) is 0 Å². The van der Waals surface area contributed by atoms with Gasteiger partial charge in [0.05, 0.1) is 0 Å². The van der Waals surface area contributed by atoms with E-state index in [9.17, 15) is 0 Å². The molecule has 0 aromatic heterocycles. The van der Waals surface area contributed by atoms with Crippen LogP contribution in [0.5, 0.6) is 0 Å². The summed E-state index contributed by atoms with van der Waals surface area (Å²) in [4.78, 5) is 0. The highest BCUT2D eigenvalue weighted by atomic mass is 31.3. The van der Waals surface area contributed by atoms with Crippen LogP contribution in [0, 0.1) is 0 Å². The minimum Gasteiger partial charge on any atom is -0.506 e. The molecule has 0 spiro atoms. The van der Waals surface area contributed by atoms with Crippen LogP contribution in [0.2, 0.25) is 18.1 Å². The maximum Gasteiger partial charge on any atom is -0.0624 e. The lowest BCUT2D eigenvalue weighted by atomic mass is 10.2. The van der Waals surface area contributed by atoms with Crippen molar-refractivity contribution in [2.75, 3.05) is 0 Å². The van der Waals surface area contributed by atoms with Gasteiger partial charge in [0.25, 0.3) is 0 Å². The lowest BCUT2D eigenvalue weighted by molar-refractivity contribution is 0.736. The maximum atomic E-state index is 2.47. The highest BCUT2D eigenvalue weighted by Gasteiger charge is 2.24. The zero-order valence-electron chi connectivity index (χ0n) is 9.83. The minimum absolute atomic E-state index is 0.477. The molecule has 1 aromatic carbocycles. The van der Waals surface area contributed by atoms with Gasteiger partial charge in [-0.2, -0.15) is 0 Å². The predicted molar refractivity (Wildman–Crippen MR) is 70.2 cm³/mol. The second kappa shape index (κ2) is 4.16. The van der Waals surface area contributed by atoms with Crippen molar-refractivity contribution in [2.45, 2.75) is 38.9 Å². The highest BCUT2D eigenvalue weighted by Crippen LogP contribution is 2.46. The van der Waals surface area contributed by atoms with Gasteiger partial charge in [0, 0.05) is 0 Å². The van der Waals surface area contributed by atoms with Gasteiger partial charge in [-0.05, 0) is 0 Å². The van der Waals surface area contributed by atoms with Crippen molar-refractivity contribution in [3.63, 3.8) is 0 Å². The summed E-state index contributed by atoms with van der Waals surface area (Å²) in [5.41, 5.74) is 0. The van der Waals surface area contributed by atoms with Crippen LogP contribution in [0.4, 0.5) is 0 Å². The predicted octanol–water partition coefficient (Wildman–Crippen LogP) is 4.26. The average Bonchev–Trinajstić information content (AvgIpc) is 2.03. The molecule has 14 heavy (non-hydrogen) atoms. The summed E-state index contributed by atoms with van der Waals surface area (Å²) in [6.45, 7) is 12.1. The first-order valence-corrected chi connectivity index (χ1v) is 9.84. The summed E-state index contributed by atoms with van der Waals surface area (Å²) >= 11 is 0. The number of benzene rings is 1. The Labute approximate surface area is 90.8 Å². The molecule has 0 unspecified atom stereocenters. The fourth-order valence-electron chi connectivity index (χ4n) is 0.993. The molecule has 0 fully saturated rings. The Kier molecular flexibility index (Phi) is 3.55. The number of hydrogen-bond donors (Lipinski definition) is 0. The molecule has 0 bridgehead atoms. The molecule has 0 aliphatic carbocycles. The monoisotopic (exact) mass is 223 g/mol. The van der Waals surface area contributed by atoms with Crippen LogP contribution in [-0.4, -0.2) is 7.74 Å². The largest absolute Gasteiger partial charge is 0.506 e. The summed E-state index contributed by atoms with van der Waals surface area (Å²) in [6, 6.07) is 10.8. The Bertz CT molecular complexity index is 285. The Balaban J connectivity index is 2.79. The third-order valence-electron chi connectivity index (χ3n) is 3.00. The first-order chi connectivity index (χ1) is 6.33. The summed E-state index contributed by atoms with van der Waals surface area (Å²) < 4.78 is 0. The lowest BCUT2D eigenvalue weighted by Crippen LogP contribution is -2.34. The average molecular weight is 223 g/mol. The molecule has 0 saturated heterocycles. The summed E-state index contributed by atoms with van der Waals surface area (Å²) in [7, 11) is 0.383. The van der Waals surface area contributed by atoms with Gasteiger partial charge in [-0.3, -0.25) is 0 Å². The second-order valence-electron chi connectivity index (χ2n) is 5.26. The van der Waals surface area contributed by atoms with E-state index in [0.29, 0.717) is 5.04 Å². The molecule has 0 N–H and O–H groups in total. The van der Waals surface area contributed by atoms with Gasteiger partial charge in [0.2, 0.25) is 0 Å². The van der Waals surface area contributed by atoms with Gasteiger partial charge >= 0.3 is 0 Å². The number of hydrogen-bond acceptors (Lipinski definition) is 0. The first kappa shape index (κ1) is 11.9. The standard InChI is InChI=1S/C12H20PSi/c1-12(2,3)14(4,5)13-11-9-7-6-8-10-11/h6-10H,1-5H3/q-1. The molecule has 0 aliphatic rings. The van der Waals surface area contributed by atoms with E-state index in [1.807, 2.05) is 0 Å². The molecule has 0 atom stereocenters. The van der Waals surface area contributed by atoms with Gasteiger partial charge in [-0.1, -0.05) is 77.0 Å². The van der Waals surface area contributed by atoms with Gasteiger partial charge in [0.1, 0.15) is 0 Å². The fourth-order valence-corrected chi connectivity index (χ4v) is 5.69. The molecule has 0 aliphatic heterocycles. The number of rotatable bonds is 2. The highest BCUT2D eigenvalue weighted by molar-refractivity contribution is 7.87. The van der Waals surface area contributed by atoms with Crippen molar-refractivity contribution < 1.29 is 0 Å². The minimum atomic E-state index is -1.17. The Morgan fingerprint density at radius 2 is 1.50 bits per heavy atom. The van der Waals surface area contributed by atoms with E-state index in [1.54, 1.807) is 8.13 Å². The van der Waals surface area contributed by atoms with E-state index in [4.69, 9.17) is 0 Å². The topological polar surface area (TPSA) is 0 Å². The molecular weight excluding hydrogens is 203 g/mol. The van der Waals surface area contributed by atoms with Gasteiger partial charge < -0.3 is 8.13 Å². The SMILES string of the molecule is CC(C)(C)[Si](C)(C)[P-]c1ccccc1. The van der Waals surface area contributed by atoms with Crippen molar-refractivity contribution in [3.05, 3.63) is 30.3 Å². The second-order valence-corrected chi connectivity index (χ2v) is 14.6. The molecule has 0 saturated carbocycles. The molecule has 1 aromatic rings. The van der Waals surface area contributed by atoms with Crippen LogP contribution >= 0.6 is 8.13 Å². The van der Waals surface area contributed by atoms with Crippen molar-refractivity contribution in [3.8, 4) is 0 Å². The smallest absolute Gasteiger partial charge is 0.0624 e. The normalized spacial score (nSPS) is 13.8. The molecule has 2 heteroatoms. The summed E-state index contributed by atoms with van der Waals surface area (Å²) in [5, 5.41) is 1.95. The zero-order chi connectivity index (χ0) is 10.8. The molecule has 0 heterocycles. The molecule has 0 nitrogen and oxygen atoms in total. The molecule has 1 rings (SSSR count). The molecule has 0 radical (unpaired) electrons. The fraction of sp³-hybridized carbons (Fsp3) is 0.500. The van der Waals surface area contributed by atoms with Gasteiger partial charge in [0.15, 0.2) is 0 Å². The van der Waals surface area contributed by atoms with E-state index in [-0.39, 0.29) is 0 Å². The van der Waals surface area contributed by atoms with Crippen molar-refractivity contribution >= 4 is 21.2 Å². The molecule has 78 valence electrons. The van der Waals surface area contributed by atoms with Crippen LogP contribution in [0.15, 0.2) is 30.3 Å². The van der Waals surface area contributed by atoms with Crippen LogP contribution in [0.25, 0.3) is 0 Å². The van der Waals surface area contributed by atoms with E-state index < -0.39 is 7.74 Å². The van der Waals surface area contributed by atoms with E-state index in [0.717, 1.165) is 0 Å². The van der Waals surface area contributed by atoms with Crippen molar-refractivity contribution in [2.24, 2.45) is 0 Å². The quantitative estimate of drug-likeness (QED) is 0.519. The van der Waals surface area contributed by atoms with Crippen LogP contribution < -0.4 is 5.30 Å². The Hall–Kier alpha value is -0.133. The van der Waals surface area contributed by atoms with E-state index in [1.165, 1.54) is 5.30 Å². The third-order valence-corrected chi connectivity index (χ3v) is 12.3. The van der Waals surface area contributed by atoms with Crippen LogP contribution in [0.1, 0.15) is 20.8 Å². The molecular formula is C12H20PSi-. The Morgan fingerprint density at radius 3 is 1.93 bits per heavy atom. The summed E-state index contributed by atoms with van der Waals surface area (Å²) in [6.07, 6.45) is 0. The maximum absolute atomic E-state index is 2.47. The zero-order valence-corrected chi connectivity index (χ0v) is 11.7. The van der Waals surface area contributed by atoms with Crippen molar-refractivity contribution in [1.82, 2.24) is 0 Å². The van der Waals surface area contributed by atoms with Gasteiger partial charge in [-0.25, -0.2) is 5.30 Å². The molecule has 0 amide bonds. The Morgan fingerprint density at radius 1 is 1.00 bits per heavy atom.